The number of aromatic nitrogens is 2. The summed E-state index contributed by atoms with van der Waals surface area (Å²) in [5.41, 5.74) is 3.24. The van der Waals surface area contributed by atoms with Gasteiger partial charge in [-0.05, 0) is 31.0 Å². The van der Waals surface area contributed by atoms with Crippen molar-refractivity contribution in [3.05, 3.63) is 23.4 Å². The molecule has 0 aliphatic carbocycles. The summed E-state index contributed by atoms with van der Waals surface area (Å²) in [5.74, 6) is -2.15. The van der Waals surface area contributed by atoms with Crippen LogP contribution in [0.25, 0.3) is 10.9 Å². The normalized spacial score (nSPS) is 10.9. The van der Waals surface area contributed by atoms with Gasteiger partial charge in [0.1, 0.15) is 13.1 Å². The van der Waals surface area contributed by atoms with Gasteiger partial charge in [-0.2, -0.15) is 5.10 Å². The van der Waals surface area contributed by atoms with Gasteiger partial charge in [-0.15, -0.1) is 0 Å². The zero-order chi connectivity index (χ0) is 16.4. The first-order valence-electron chi connectivity index (χ1n) is 6.98. The molecule has 1 aromatic carbocycles. The fourth-order valence-corrected chi connectivity index (χ4v) is 2.71. The predicted octanol–water partition coefficient (Wildman–Crippen LogP) is 1.42. The van der Waals surface area contributed by atoms with Crippen LogP contribution in [-0.4, -0.2) is 45.0 Å². The van der Waals surface area contributed by atoms with Crippen molar-refractivity contribution >= 4 is 28.5 Å². The molecule has 0 saturated carbocycles. The van der Waals surface area contributed by atoms with Gasteiger partial charge in [0.25, 0.3) is 0 Å². The van der Waals surface area contributed by atoms with Crippen molar-refractivity contribution in [1.82, 2.24) is 9.78 Å². The van der Waals surface area contributed by atoms with Gasteiger partial charge in [-0.25, -0.2) is 0 Å². The first kappa shape index (κ1) is 15.8. The Hall–Kier alpha value is -2.57. The summed E-state index contributed by atoms with van der Waals surface area (Å²) < 4.78 is 1.80. The molecule has 22 heavy (non-hydrogen) atoms. The Morgan fingerprint density at radius 1 is 1.23 bits per heavy atom. The second kappa shape index (κ2) is 6.05. The SMILES string of the molecule is CCc1c2cc(C)c(N(CC(=O)O)CC(=O)O)cc2nn1C. The number of rotatable bonds is 6. The average molecular weight is 305 g/mol. The number of carbonyl (C=O) groups is 2. The highest BCUT2D eigenvalue weighted by molar-refractivity contribution is 5.89. The van der Waals surface area contributed by atoms with Crippen LogP contribution in [0.15, 0.2) is 12.1 Å². The van der Waals surface area contributed by atoms with Gasteiger partial charge >= 0.3 is 11.9 Å². The molecule has 7 heteroatoms. The van der Waals surface area contributed by atoms with Crippen LogP contribution in [0.3, 0.4) is 0 Å². The number of carboxylic acids is 2. The molecule has 0 spiro atoms. The van der Waals surface area contributed by atoms with E-state index in [1.165, 1.54) is 4.90 Å². The molecule has 2 rings (SSSR count). The summed E-state index contributed by atoms with van der Waals surface area (Å²) >= 11 is 0. The number of fused-ring (bicyclic) bond motifs is 1. The number of nitrogens with zero attached hydrogens (tertiary/aromatic N) is 3. The van der Waals surface area contributed by atoms with Crippen LogP contribution in [0.5, 0.6) is 0 Å². The van der Waals surface area contributed by atoms with Crippen LogP contribution in [0, 0.1) is 6.92 Å². The lowest BCUT2D eigenvalue weighted by molar-refractivity contribution is -0.136. The van der Waals surface area contributed by atoms with Crippen LogP contribution in [0.1, 0.15) is 18.2 Å². The molecular formula is C15H19N3O4. The van der Waals surface area contributed by atoms with Crippen molar-refractivity contribution < 1.29 is 19.8 Å². The lowest BCUT2D eigenvalue weighted by Crippen LogP contribution is -2.34. The molecular weight excluding hydrogens is 286 g/mol. The van der Waals surface area contributed by atoms with Crippen LogP contribution in [0.4, 0.5) is 5.69 Å². The molecule has 0 amide bonds. The van der Waals surface area contributed by atoms with Gasteiger partial charge in [0, 0.05) is 23.8 Å². The molecule has 0 aliphatic rings. The van der Waals surface area contributed by atoms with Gasteiger partial charge in [0.2, 0.25) is 0 Å². The molecule has 1 heterocycles. The largest absolute Gasteiger partial charge is 0.480 e. The minimum atomic E-state index is -1.07. The topological polar surface area (TPSA) is 95.7 Å². The molecule has 2 N–H and O–H groups in total. The molecule has 0 fully saturated rings. The third-order valence-corrected chi connectivity index (χ3v) is 3.60. The maximum atomic E-state index is 11.0. The Morgan fingerprint density at radius 3 is 2.32 bits per heavy atom. The van der Waals surface area contributed by atoms with Crippen LogP contribution in [-0.2, 0) is 23.1 Å². The lowest BCUT2D eigenvalue weighted by Gasteiger charge is -2.22. The molecule has 2 aromatic rings. The molecule has 0 radical (unpaired) electrons. The molecule has 0 atom stereocenters. The zero-order valence-electron chi connectivity index (χ0n) is 12.8. The van der Waals surface area contributed by atoms with E-state index in [1.807, 2.05) is 27.0 Å². The van der Waals surface area contributed by atoms with Gasteiger partial charge in [-0.1, -0.05) is 6.92 Å². The summed E-state index contributed by atoms with van der Waals surface area (Å²) in [4.78, 5) is 23.3. The van der Waals surface area contributed by atoms with Gasteiger partial charge in [0.15, 0.2) is 0 Å². The summed E-state index contributed by atoms with van der Waals surface area (Å²) in [6.45, 7) is 3.15. The average Bonchev–Trinajstić information content (AvgIpc) is 2.70. The van der Waals surface area contributed by atoms with Gasteiger partial charge in [-0.3, -0.25) is 14.3 Å². The van der Waals surface area contributed by atoms with Crippen LogP contribution >= 0.6 is 0 Å². The van der Waals surface area contributed by atoms with E-state index in [-0.39, 0.29) is 13.1 Å². The second-order valence-electron chi connectivity index (χ2n) is 5.22. The Labute approximate surface area is 127 Å². The maximum Gasteiger partial charge on any atom is 0.323 e. The third kappa shape index (κ3) is 3.03. The van der Waals surface area contributed by atoms with E-state index in [9.17, 15) is 9.59 Å². The van der Waals surface area contributed by atoms with Crippen molar-refractivity contribution in [2.75, 3.05) is 18.0 Å². The smallest absolute Gasteiger partial charge is 0.323 e. The number of hydrogen-bond acceptors (Lipinski definition) is 4. The number of hydrogen-bond donors (Lipinski definition) is 2. The maximum absolute atomic E-state index is 11.0. The Kier molecular flexibility index (Phi) is 4.35. The Balaban J connectivity index is 2.54. The van der Waals surface area contributed by atoms with E-state index < -0.39 is 11.9 Å². The van der Waals surface area contributed by atoms with Gasteiger partial charge in [0.05, 0.1) is 5.52 Å². The zero-order valence-corrected chi connectivity index (χ0v) is 12.8. The number of aliphatic carboxylic acids is 2. The van der Waals surface area contributed by atoms with Gasteiger partial charge < -0.3 is 15.1 Å². The fraction of sp³-hybridized carbons (Fsp3) is 0.400. The van der Waals surface area contributed by atoms with Crippen LogP contribution in [0.2, 0.25) is 0 Å². The highest BCUT2D eigenvalue weighted by Crippen LogP contribution is 2.28. The molecule has 7 nitrogen and oxygen atoms in total. The monoisotopic (exact) mass is 305 g/mol. The van der Waals surface area contributed by atoms with E-state index in [1.54, 1.807) is 10.7 Å². The van der Waals surface area contributed by atoms with E-state index in [0.717, 1.165) is 28.6 Å². The van der Waals surface area contributed by atoms with E-state index >= 15 is 0 Å². The molecule has 0 bridgehead atoms. The van der Waals surface area contributed by atoms with Crippen molar-refractivity contribution in [1.29, 1.82) is 0 Å². The fourth-order valence-electron chi connectivity index (χ4n) is 2.71. The molecule has 0 unspecified atom stereocenters. The summed E-state index contributed by atoms with van der Waals surface area (Å²) in [5, 5.41) is 23.4. The first-order chi connectivity index (χ1) is 10.3. The van der Waals surface area contributed by atoms with Crippen molar-refractivity contribution in [2.24, 2.45) is 7.05 Å². The molecule has 0 saturated heterocycles. The minimum absolute atomic E-state index is 0.369. The van der Waals surface area contributed by atoms with Crippen molar-refractivity contribution in [3.8, 4) is 0 Å². The molecule has 1 aromatic heterocycles. The minimum Gasteiger partial charge on any atom is -0.480 e. The molecule has 118 valence electrons. The lowest BCUT2D eigenvalue weighted by atomic mass is 10.1. The molecule has 0 aliphatic heterocycles. The number of carboxylic acid groups (broad SMARTS) is 2. The summed E-state index contributed by atoms with van der Waals surface area (Å²) in [7, 11) is 1.86. The standard InChI is InChI=1S/C15H19N3O4/c1-4-12-10-5-9(2)13(6-11(10)16-17(12)3)18(7-14(19)20)8-15(21)22/h5-6H,4,7-8H2,1-3H3,(H,19,20)(H,21,22). The van der Waals surface area contributed by atoms with E-state index in [4.69, 9.17) is 10.2 Å². The second-order valence-corrected chi connectivity index (χ2v) is 5.22. The van der Waals surface area contributed by atoms with E-state index in [0.29, 0.717) is 5.69 Å². The quantitative estimate of drug-likeness (QED) is 0.838. The third-order valence-electron chi connectivity index (χ3n) is 3.60. The van der Waals surface area contributed by atoms with Crippen molar-refractivity contribution in [2.45, 2.75) is 20.3 Å². The Bertz CT molecular complexity index is 720. The summed E-state index contributed by atoms with van der Waals surface area (Å²) in [6.07, 6.45) is 0.833. The summed E-state index contributed by atoms with van der Waals surface area (Å²) in [6, 6.07) is 3.70. The highest BCUT2D eigenvalue weighted by atomic mass is 16.4. The first-order valence-corrected chi connectivity index (χ1v) is 6.98. The van der Waals surface area contributed by atoms with E-state index in [2.05, 4.69) is 5.10 Å². The number of benzene rings is 1. The van der Waals surface area contributed by atoms with Crippen LogP contribution < -0.4 is 4.90 Å². The Morgan fingerprint density at radius 2 is 1.82 bits per heavy atom. The highest BCUT2D eigenvalue weighted by Gasteiger charge is 2.18. The predicted molar refractivity (Wildman–Crippen MR) is 82.3 cm³/mol. The number of aryl methyl sites for hydroxylation is 3. The number of anilines is 1. The van der Waals surface area contributed by atoms with Crippen molar-refractivity contribution in [3.63, 3.8) is 0 Å².